The van der Waals surface area contributed by atoms with Gasteiger partial charge in [0.1, 0.15) is 0 Å². The number of fused-ring (bicyclic) bond motifs is 1. The van der Waals surface area contributed by atoms with Gasteiger partial charge in [0.15, 0.2) is 0 Å². The molecular weight excluding hydrogens is 268 g/mol. The van der Waals surface area contributed by atoms with Crippen LogP contribution < -0.4 is 11.2 Å². The van der Waals surface area contributed by atoms with Crippen molar-refractivity contribution >= 4 is 22.5 Å². The van der Waals surface area contributed by atoms with Crippen LogP contribution in [0, 0.1) is 0 Å². The largest absolute Gasteiger partial charge is 0.381 e. The van der Waals surface area contributed by atoms with Gasteiger partial charge in [0.2, 0.25) is 0 Å². The molecule has 1 aromatic carbocycles. The average molecular weight is 281 g/mol. The summed E-state index contributed by atoms with van der Waals surface area (Å²) in [5.74, 6) is 0. The molecule has 0 saturated carbocycles. The molecule has 2 heterocycles. The number of benzene rings is 1. The lowest BCUT2D eigenvalue weighted by molar-refractivity contribution is 0.0676. The quantitative estimate of drug-likeness (QED) is 0.865. The van der Waals surface area contributed by atoms with Crippen molar-refractivity contribution in [2.24, 2.45) is 0 Å². The molecule has 1 aliphatic rings. The molecule has 6 heteroatoms. The first-order valence-corrected chi connectivity index (χ1v) is 6.56. The van der Waals surface area contributed by atoms with Gasteiger partial charge in [-0.1, -0.05) is 11.6 Å². The summed E-state index contributed by atoms with van der Waals surface area (Å²) in [7, 11) is 0. The van der Waals surface area contributed by atoms with Gasteiger partial charge in [-0.05, 0) is 31.0 Å². The Morgan fingerprint density at radius 1 is 1.26 bits per heavy atom. The summed E-state index contributed by atoms with van der Waals surface area (Å²) in [5.41, 5.74) is -0.167. The summed E-state index contributed by atoms with van der Waals surface area (Å²) in [6.07, 6.45) is 1.37. The van der Waals surface area contributed by atoms with E-state index >= 15 is 0 Å². The van der Waals surface area contributed by atoms with Crippen LogP contribution in [0.3, 0.4) is 0 Å². The second-order valence-electron chi connectivity index (χ2n) is 4.64. The van der Waals surface area contributed by atoms with Crippen LogP contribution in [0.4, 0.5) is 0 Å². The summed E-state index contributed by atoms with van der Waals surface area (Å²) in [6, 6.07) is 4.79. The number of H-pyrrole nitrogens is 1. The van der Waals surface area contributed by atoms with Crippen molar-refractivity contribution in [2.45, 2.75) is 18.9 Å². The molecule has 3 rings (SSSR count). The molecule has 1 saturated heterocycles. The van der Waals surface area contributed by atoms with Gasteiger partial charge in [-0.3, -0.25) is 9.36 Å². The highest BCUT2D eigenvalue weighted by Crippen LogP contribution is 2.19. The standard InChI is InChI=1S/C13H13ClN2O3/c14-8-1-2-10-11(7-8)15-13(18)16(12(10)17)9-3-5-19-6-4-9/h1-2,7,9H,3-6H2,(H,15,18). The Morgan fingerprint density at radius 2 is 2.00 bits per heavy atom. The topological polar surface area (TPSA) is 64.1 Å². The van der Waals surface area contributed by atoms with Gasteiger partial charge in [-0.25, -0.2) is 4.79 Å². The zero-order chi connectivity index (χ0) is 13.4. The van der Waals surface area contributed by atoms with E-state index in [4.69, 9.17) is 16.3 Å². The molecule has 0 radical (unpaired) electrons. The monoisotopic (exact) mass is 280 g/mol. The molecule has 0 atom stereocenters. The third-order valence-corrected chi connectivity index (χ3v) is 3.68. The number of nitrogens with zero attached hydrogens (tertiary/aromatic N) is 1. The lowest BCUT2D eigenvalue weighted by Gasteiger charge is -2.23. The Balaban J connectivity index is 2.22. The molecule has 2 aromatic rings. The fourth-order valence-electron chi connectivity index (χ4n) is 2.48. The molecule has 0 bridgehead atoms. The minimum atomic E-state index is -0.383. The fourth-order valence-corrected chi connectivity index (χ4v) is 2.65. The third-order valence-electron chi connectivity index (χ3n) is 3.45. The first-order valence-electron chi connectivity index (χ1n) is 6.18. The Labute approximate surface area is 113 Å². The van der Waals surface area contributed by atoms with E-state index in [1.807, 2.05) is 0 Å². The highest BCUT2D eigenvalue weighted by Gasteiger charge is 2.20. The molecule has 100 valence electrons. The number of aromatic nitrogens is 2. The van der Waals surface area contributed by atoms with Crippen LogP contribution in [0.15, 0.2) is 27.8 Å². The van der Waals surface area contributed by atoms with Crippen LogP contribution in [-0.2, 0) is 4.74 Å². The third kappa shape index (κ3) is 2.19. The van der Waals surface area contributed by atoms with Gasteiger partial charge < -0.3 is 9.72 Å². The summed E-state index contributed by atoms with van der Waals surface area (Å²) >= 11 is 5.86. The van der Waals surface area contributed by atoms with Crippen LogP contribution in [0.5, 0.6) is 0 Å². The van der Waals surface area contributed by atoms with E-state index in [1.54, 1.807) is 18.2 Å². The second-order valence-corrected chi connectivity index (χ2v) is 5.08. The normalized spacial score (nSPS) is 16.9. The van der Waals surface area contributed by atoms with Gasteiger partial charge >= 0.3 is 5.69 Å². The molecular formula is C13H13ClN2O3. The summed E-state index contributed by atoms with van der Waals surface area (Å²) in [6.45, 7) is 1.16. The van der Waals surface area contributed by atoms with Gasteiger partial charge in [-0.2, -0.15) is 0 Å². The number of ether oxygens (including phenoxy) is 1. The minimum Gasteiger partial charge on any atom is -0.381 e. The molecule has 1 fully saturated rings. The van der Waals surface area contributed by atoms with Crippen molar-refractivity contribution < 1.29 is 4.74 Å². The molecule has 5 nitrogen and oxygen atoms in total. The van der Waals surface area contributed by atoms with E-state index in [-0.39, 0.29) is 17.3 Å². The van der Waals surface area contributed by atoms with Gasteiger partial charge in [0.05, 0.1) is 10.9 Å². The summed E-state index contributed by atoms with van der Waals surface area (Å²) < 4.78 is 6.56. The van der Waals surface area contributed by atoms with E-state index in [9.17, 15) is 9.59 Å². The average Bonchev–Trinajstić information content (AvgIpc) is 2.39. The molecule has 0 amide bonds. The van der Waals surface area contributed by atoms with Crippen molar-refractivity contribution in [1.29, 1.82) is 0 Å². The highest BCUT2D eigenvalue weighted by molar-refractivity contribution is 6.31. The van der Waals surface area contributed by atoms with E-state index < -0.39 is 0 Å². The van der Waals surface area contributed by atoms with Crippen LogP contribution in [-0.4, -0.2) is 22.8 Å². The molecule has 0 unspecified atom stereocenters. The van der Waals surface area contributed by atoms with Crippen molar-refractivity contribution in [3.8, 4) is 0 Å². The number of halogens is 1. The lowest BCUT2D eigenvalue weighted by Crippen LogP contribution is -2.40. The highest BCUT2D eigenvalue weighted by atomic mass is 35.5. The molecule has 1 N–H and O–H groups in total. The first kappa shape index (κ1) is 12.4. The predicted molar refractivity (Wildman–Crippen MR) is 72.9 cm³/mol. The molecule has 19 heavy (non-hydrogen) atoms. The maximum atomic E-state index is 12.4. The van der Waals surface area contributed by atoms with Crippen LogP contribution in [0.2, 0.25) is 5.02 Å². The van der Waals surface area contributed by atoms with Crippen molar-refractivity contribution in [1.82, 2.24) is 9.55 Å². The number of hydrogen-bond donors (Lipinski definition) is 1. The summed E-state index contributed by atoms with van der Waals surface area (Å²) in [4.78, 5) is 27.2. The number of hydrogen-bond acceptors (Lipinski definition) is 3. The first-order chi connectivity index (χ1) is 9.16. The van der Waals surface area contributed by atoms with Gasteiger partial charge in [0, 0.05) is 24.3 Å². The SMILES string of the molecule is O=c1[nH]c2cc(Cl)ccc2c(=O)n1C1CCOCC1. The smallest absolute Gasteiger partial charge is 0.329 e. The minimum absolute atomic E-state index is 0.0925. The zero-order valence-electron chi connectivity index (χ0n) is 10.2. The van der Waals surface area contributed by atoms with Crippen LogP contribution in [0.1, 0.15) is 18.9 Å². The Bertz CT molecular complexity index is 729. The molecule has 0 spiro atoms. The number of aromatic amines is 1. The Hall–Kier alpha value is -1.59. The molecule has 1 aliphatic heterocycles. The fraction of sp³-hybridized carbons (Fsp3) is 0.385. The van der Waals surface area contributed by atoms with Crippen molar-refractivity contribution in [2.75, 3.05) is 13.2 Å². The Morgan fingerprint density at radius 3 is 2.74 bits per heavy atom. The van der Waals surface area contributed by atoms with Crippen LogP contribution in [0.25, 0.3) is 10.9 Å². The van der Waals surface area contributed by atoms with Gasteiger partial charge in [-0.15, -0.1) is 0 Å². The Kier molecular flexibility index (Phi) is 3.16. The predicted octanol–water partition coefficient (Wildman–Crippen LogP) is 1.69. The zero-order valence-corrected chi connectivity index (χ0v) is 10.9. The van der Waals surface area contributed by atoms with Crippen molar-refractivity contribution in [3.63, 3.8) is 0 Å². The van der Waals surface area contributed by atoms with Gasteiger partial charge in [0.25, 0.3) is 5.56 Å². The maximum absolute atomic E-state index is 12.4. The van der Waals surface area contributed by atoms with E-state index in [0.717, 1.165) is 0 Å². The van der Waals surface area contributed by atoms with E-state index in [1.165, 1.54) is 4.57 Å². The maximum Gasteiger partial charge on any atom is 0.329 e. The summed E-state index contributed by atoms with van der Waals surface area (Å²) in [5, 5.41) is 0.974. The lowest BCUT2D eigenvalue weighted by atomic mass is 10.1. The van der Waals surface area contributed by atoms with E-state index in [0.29, 0.717) is 42.0 Å². The van der Waals surface area contributed by atoms with Crippen molar-refractivity contribution in [3.05, 3.63) is 44.1 Å². The molecule has 0 aliphatic carbocycles. The van der Waals surface area contributed by atoms with Crippen LogP contribution >= 0.6 is 11.6 Å². The molecule has 1 aromatic heterocycles. The second kappa shape index (κ2) is 4.83. The van der Waals surface area contributed by atoms with E-state index in [2.05, 4.69) is 4.98 Å². The number of rotatable bonds is 1. The number of nitrogens with one attached hydrogen (secondary N) is 1.